The van der Waals surface area contributed by atoms with Crippen LogP contribution in [0, 0.1) is 5.82 Å². The molecule has 0 amide bonds. The molecule has 0 saturated heterocycles. The van der Waals surface area contributed by atoms with Crippen LogP contribution in [-0.4, -0.2) is 0 Å². The molecule has 2 aromatic carbocycles. The van der Waals surface area contributed by atoms with Crippen molar-refractivity contribution in [2.75, 3.05) is 0 Å². The number of rotatable bonds is 4. The Morgan fingerprint density at radius 3 is 2.72 bits per heavy atom. The first-order valence-corrected chi connectivity index (χ1v) is 6.34. The van der Waals surface area contributed by atoms with Crippen LogP contribution in [-0.2, 0) is 13.2 Å². The third-order valence-corrected chi connectivity index (χ3v) is 3.31. The van der Waals surface area contributed by atoms with Gasteiger partial charge in [0.25, 0.3) is 0 Å². The summed E-state index contributed by atoms with van der Waals surface area (Å²) in [6, 6.07) is 12.0. The summed E-state index contributed by atoms with van der Waals surface area (Å²) in [5.74, 6) is 0.470. The van der Waals surface area contributed by atoms with Crippen LogP contribution in [0.1, 0.15) is 11.1 Å². The predicted octanol–water partition coefficient (Wildman–Crippen LogP) is 3.63. The normalized spacial score (nSPS) is 10.4. The lowest BCUT2D eigenvalue weighted by molar-refractivity contribution is 0.305. The van der Waals surface area contributed by atoms with E-state index in [1.807, 2.05) is 24.3 Å². The van der Waals surface area contributed by atoms with Crippen molar-refractivity contribution in [3.8, 4) is 5.75 Å². The number of benzene rings is 2. The Morgan fingerprint density at radius 2 is 2.00 bits per heavy atom. The van der Waals surface area contributed by atoms with Crippen LogP contribution in [0.25, 0.3) is 0 Å². The molecule has 2 rings (SSSR count). The van der Waals surface area contributed by atoms with E-state index in [9.17, 15) is 4.39 Å². The maximum absolute atomic E-state index is 13.0. The van der Waals surface area contributed by atoms with Gasteiger partial charge in [0.2, 0.25) is 0 Å². The van der Waals surface area contributed by atoms with Crippen molar-refractivity contribution in [3.05, 3.63) is 63.9 Å². The quantitative estimate of drug-likeness (QED) is 0.936. The van der Waals surface area contributed by atoms with Gasteiger partial charge in [-0.15, -0.1) is 0 Å². The molecule has 0 aliphatic rings. The monoisotopic (exact) mass is 309 g/mol. The first-order chi connectivity index (χ1) is 8.69. The van der Waals surface area contributed by atoms with Gasteiger partial charge in [0.05, 0.1) is 0 Å². The molecule has 2 N–H and O–H groups in total. The molecule has 0 aromatic heterocycles. The highest BCUT2D eigenvalue weighted by Crippen LogP contribution is 2.22. The highest BCUT2D eigenvalue weighted by Gasteiger charge is 2.02. The van der Waals surface area contributed by atoms with Gasteiger partial charge in [0.15, 0.2) is 0 Å². The largest absolute Gasteiger partial charge is 0.489 e. The molecule has 0 radical (unpaired) electrons. The molecule has 2 nitrogen and oxygen atoms in total. The zero-order valence-corrected chi connectivity index (χ0v) is 11.3. The average molecular weight is 310 g/mol. The molecule has 0 atom stereocenters. The minimum absolute atomic E-state index is 0.255. The maximum Gasteiger partial charge on any atom is 0.123 e. The zero-order valence-electron chi connectivity index (χ0n) is 9.70. The molecule has 2 aromatic rings. The average Bonchev–Trinajstić information content (AvgIpc) is 2.38. The van der Waals surface area contributed by atoms with Crippen molar-refractivity contribution in [2.45, 2.75) is 13.2 Å². The van der Waals surface area contributed by atoms with Crippen LogP contribution in [0.15, 0.2) is 46.9 Å². The fraction of sp³-hybridized carbons (Fsp3) is 0.143. The minimum atomic E-state index is -0.255. The Bertz CT molecular complexity index is 545. The van der Waals surface area contributed by atoms with Crippen LogP contribution in [0.5, 0.6) is 5.75 Å². The van der Waals surface area contributed by atoms with E-state index < -0.39 is 0 Å². The summed E-state index contributed by atoms with van der Waals surface area (Å²) in [4.78, 5) is 0. The molecule has 94 valence electrons. The molecular formula is C14H13BrFNO. The van der Waals surface area contributed by atoms with Gasteiger partial charge in [0.1, 0.15) is 18.2 Å². The first-order valence-electron chi connectivity index (χ1n) is 5.55. The van der Waals surface area contributed by atoms with Gasteiger partial charge in [-0.05, 0) is 41.5 Å². The van der Waals surface area contributed by atoms with Crippen LogP contribution >= 0.6 is 15.9 Å². The van der Waals surface area contributed by atoms with E-state index in [1.54, 1.807) is 6.07 Å². The first kappa shape index (κ1) is 13.1. The molecule has 0 heterocycles. The van der Waals surface area contributed by atoms with E-state index in [1.165, 1.54) is 12.1 Å². The molecule has 0 unspecified atom stereocenters. The lowest BCUT2D eigenvalue weighted by Crippen LogP contribution is -2.00. The lowest BCUT2D eigenvalue weighted by Gasteiger charge is -2.09. The van der Waals surface area contributed by atoms with Crippen molar-refractivity contribution in [2.24, 2.45) is 5.73 Å². The second kappa shape index (κ2) is 5.98. The SMILES string of the molecule is NCc1cc(OCc2cccc(F)c2)ccc1Br. The number of halogens is 2. The van der Waals surface area contributed by atoms with E-state index >= 15 is 0 Å². The fourth-order valence-electron chi connectivity index (χ4n) is 1.59. The predicted molar refractivity (Wildman–Crippen MR) is 72.8 cm³/mol. The van der Waals surface area contributed by atoms with Gasteiger partial charge in [-0.2, -0.15) is 0 Å². The number of nitrogens with two attached hydrogens (primary N) is 1. The highest BCUT2D eigenvalue weighted by atomic mass is 79.9. The summed E-state index contributed by atoms with van der Waals surface area (Å²) in [6.45, 7) is 0.779. The zero-order chi connectivity index (χ0) is 13.0. The lowest BCUT2D eigenvalue weighted by atomic mass is 10.2. The smallest absolute Gasteiger partial charge is 0.123 e. The Hall–Kier alpha value is -1.39. The Labute approximate surface area is 114 Å². The summed E-state index contributed by atoms with van der Waals surface area (Å²) in [5.41, 5.74) is 7.39. The third kappa shape index (κ3) is 3.31. The van der Waals surface area contributed by atoms with E-state index in [0.717, 1.165) is 21.3 Å². The van der Waals surface area contributed by atoms with Crippen molar-refractivity contribution >= 4 is 15.9 Å². The van der Waals surface area contributed by atoms with E-state index in [0.29, 0.717) is 13.2 Å². The van der Waals surface area contributed by atoms with E-state index in [4.69, 9.17) is 10.5 Å². The Kier molecular flexibility index (Phi) is 4.33. The Morgan fingerprint density at radius 1 is 1.17 bits per heavy atom. The van der Waals surface area contributed by atoms with Crippen LogP contribution in [0.3, 0.4) is 0 Å². The highest BCUT2D eigenvalue weighted by molar-refractivity contribution is 9.10. The van der Waals surface area contributed by atoms with Crippen LogP contribution in [0.2, 0.25) is 0 Å². The molecule has 18 heavy (non-hydrogen) atoms. The third-order valence-electron chi connectivity index (χ3n) is 2.53. The number of hydrogen-bond acceptors (Lipinski definition) is 2. The molecule has 0 aliphatic carbocycles. The molecule has 4 heteroatoms. The number of ether oxygens (including phenoxy) is 1. The van der Waals surface area contributed by atoms with Gasteiger partial charge in [0, 0.05) is 11.0 Å². The molecular weight excluding hydrogens is 297 g/mol. The summed E-state index contributed by atoms with van der Waals surface area (Å²) in [6.07, 6.45) is 0. The van der Waals surface area contributed by atoms with Gasteiger partial charge in [-0.1, -0.05) is 28.1 Å². The Balaban J connectivity index is 2.06. The standard InChI is InChI=1S/C14H13BrFNO/c15-14-5-4-13(7-11(14)8-17)18-9-10-2-1-3-12(16)6-10/h1-7H,8-9,17H2. The van der Waals surface area contributed by atoms with E-state index in [-0.39, 0.29) is 5.82 Å². The molecule has 0 spiro atoms. The topological polar surface area (TPSA) is 35.2 Å². The summed E-state index contributed by atoms with van der Waals surface area (Å²) >= 11 is 3.41. The summed E-state index contributed by atoms with van der Waals surface area (Å²) < 4.78 is 19.5. The van der Waals surface area contributed by atoms with Crippen molar-refractivity contribution < 1.29 is 9.13 Å². The minimum Gasteiger partial charge on any atom is -0.489 e. The number of hydrogen-bond donors (Lipinski definition) is 1. The van der Waals surface area contributed by atoms with Crippen LogP contribution in [0.4, 0.5) is 4.39 Å². The fourth-order valence-corrected chi connectivity index (χ4v) is 2.00. The molecule has 0 bridgehead atoms. The maximum atomic E-state index is 13.0. The van der Waals surface area contributed by atoms with Gasteiger partial charge in [-0.25, -0.2) is 4.39 Å². The summed E-state index contributed by atoms with van der Waals surface area (Å²) in [7, 11) is 0. The summed E-state index contributed by atoms with van der Waals surface area (Å²) in [5, 5.41) is 0. The van der Waals surface area contributed by atoms with Gasteiger partial charge < -0.3 is 10.5 Å². The van der Waals surface area contributed by atoms with E-state index in [2.05, 4.69) is 15.9 Å². The van der Waals surface area contributed by atoms with Crippen molar-refractivity contribution in [1.29, 1.82) is 0 Å². The van der Waals surface area contributed by atoms with Crippen molar-refractivity contribution in [1.82, 2.24) is 0 Å². The van der Waals surface area contributed by atoms with Gasteiger partial charge in [-0.3, -0.25) is 0 Å². The molecule has 0 saturated carbocycles. The van der Waals surface area contributed by atoms with Gasteiger partial charge >= 0.3 is 0 Å². The second-order valence-corrected chi connectivity index (χ2v) is 4.73. The molecule has 0 aliphatic heterocycles. The van der Waals surface area contributed by atoms with Crippen molar-refractivity contribution in [3.63, 3.8) is 0 Å². The second-order valence-electron chi connectivity index (χ2n) is 3.88. The van der Waals surface area contributed by atoms with Crippen LogP contribution < -0.4 is 10.5 Å². The molecule has 0 fully saturated rings.